The second-order valence-electron chi connectivity index (χ2n) is 7.21. The molecule has 3 rings (SSSR count). The average molecular weight is 449 g/mol. The second kappa shape index (κ2) is 11.7. The summed E-state index contributed by atoms with van der Waals surface area (Å²) in [6.45, 7) is 4.12. The van der Waals surface area contributed by atoms with Crippen molar-refractivity contribution in [3.05, 3.63) is 89.5 Å². The highest BCUT2D eigenvalue weighted by atomic mass is 16.5. The maximum absolute atomic E-state index is 11.4. The van der Waals surface area contributed by atoms with Gasteiger partial charge in [0.25, 0.3) is 0 Å². The van der Waals surface area contributed by atoms with E-state index in [9.17, 15) is 9.90 Å². The number of benzene rings is 3. The van der Waals surface area contributed by atoms with Crippen LogP contribution in [0.1, 0.15) is 36.6 Å². The minimum absolute atomic E-state index is 0.306. The Kier molecular flexibility index (Phi) is 8.49. The molecule has 0 radical (unpaired) electrons. The molecule has 6 nitrogen and oxygen atoms in total. The lowest BCUT2D eigenvalue weighted by Crippen LogP contribution is -2.05. The zero-order valence-electron chi connectivity index (χ0n) is 19.0. The predicted octanol–water partition coefficient (Wildman–Crippen LogP) is 5.35. The molecule has 0 heterocycles. The van der Waals surface area contributed by atoms with Crippen molar-refractivity contribution in [3.8, 4) is 23.0 Å². The van der Waals surface area contributed by atoms with Crippen molar-refractivity contribution >= 4 is 12.0 Å². The number of esters is 1. The van der Waals surface area contributed by atoms with Gasteiger partial charge in [-0.2, -0.15) is 0 Å². The zero-order chi connectivity index (χ0) is 23.6. The number of ether oxygens (including phenoxy) is 4. The number of hydrogen-bond donors (Lipinski definition) is 1. The molecule has 1 unspecified atom stereocenters. The molecule has 172 valence electrons. The summed E-state index contributed by atoms with van der Waals surface area (Å²) in [6.07, 6.45) is 2.47. The lowest BCUT2D eigenvalue weighted by Gasteiger charge is -2.16. The smallest absolute Gasteiger partial charge is 0.308 e. The van der Waals surface area contributed by atoms with Crippen LogP contribution in [-0.2, 0) is 11.4 Å². The highest BCUT2D eigenvalue weighted by Gasteiger charge is 2.14. The molecular formula is C27H28O6. The fourth-order valence-electron chi connectivity index (χ4n) is 3.23. The van der Waals surface area contributed by atoms with Gasteiger partial charge in [0.05, 0.1) is 13.7 Å². The van der Waals surface area contributed by atoms with E-state index in [1.54, 1.807) is 43.5 Å². The molecule has 0 fully saturated rings. The van der Waals surface area contributed by atoms with Crippen LogP contribution < -0.4 is 18.9 Å². The van der Waals surface area contributed by atoms with Gasteiger partial charge in [0.2, 0.25) is 0 Å². The normalized spacial score (nSPS) is 11.8. The molecule has 3 aromatic rings. The first-order valence-corrected chi connectivity index (χ1v) is 10.7. The van der Waals surface area contributed by atoms with Crippen molar-refractivity contribution in [2.24, 2.45) is 0 Å². The van der Waals surface area contributed by atoms with Crippen molar-refractivity contribution in [1.29, 1.82) is 0 Å². The minimum atomic E-state index is -0.960. The molecule has 0 aliphatic carbocycles. The summed E-state index contributed by atoms with van der Waals surface area (Å²) in [5.74, 6) is 1.69. The van der Waals surface area contributed by atoms with Gasteiger partial charge in [0.15, 0.2) is 0 Å². The topological polar surface area (TPSA) is 74.2 Å². The Morgan fingerprint density at radius 3 is 2.39 bits per heavy atom. The van der Waals surface area contributed by atoms with Gasteiger partial charge in [-0.3, -0.25) is 4.79 Å². The van der Waals surface area contributed by atoms with Crippen LogP contribution in [0.4, 0.5) is 0 Å². The van der Waals surface area contributed by atoms with Gasteiger partial charge in [-0.25, -0.2) is 0 Å². The van der Waals surface area contributed by atoms with Gasteiger partial charge in [-0.05, 0) is 36.8 Å². The highest BCUT2D eigenvalue weighted by molar-refractivity contribution is 5.69. The van der Waals surface area contributed by atoms with Crippen LogP contribution in [0.5, 0.6) is 23.0 Å². The molecule has 1 N–H and O–H groups in total. The third-order valence-electron chi connectivity index (χ3n) is 4.78. The Labute approximate surface area is 194 Å². The Bertz CT molecular complexity index is 1090. The van der Waals surface area contributed by atoms with Crippen LogP contribution in [0.3, 0.4) is 0 Å². The molecule has 0 spiro atoms. The summed E-state index contributed by atoms with van der Waals surface area (Å²) in [4.78, 5) is 11.4. The molecule has 3 aromatic carbocycles. The number of aliphatic hydroxyl groups excluding tert-OH is 1. The van der Waals surface area contributed by atoms with Gasteiger partial charge in [-0.15, -0.1) is 0 Å². The van der Waals surface area contributed by atoms with Crippen LogP contribution in [0.15, 0.2) is 72.8 Å². The number of hydrogen-bond acceptors (Lipinski definition) is 6. The van der Waals surface area contributed by atoms with Gasteiger partial charge in [-0.1, -0.05) is 42.5 Å². The van der Waals surface area contributed by atoms with E-state index in [-0.39, 0.29) is 0 Å². The van der Waals surface area contributed by atoms with E-state index in [0.29, 0.717) is 41.8 Å². The van der Waals surface area contributed by atoms with Crippen LogP contribution in [0.2, 0.25) is 0 Å². The number of carbonyl (C=O) groups is 1. The van der Waals surface area contributed by atoms with E-state index >= 15 is 0 Å². The van der Waals surface area contributed by atoms with E-state index in [1.165, 1.54) is 6.92 Å². The Morgan fingerprint density at radius 1 is 0.970 bits per heavy atom. The molecule has 0 aliphatic heterocycles. The maximum atomic E-state index is 11.4. The van der Waals surface area contributed by atoms with E-state index in [4.69, 9.17) is 18.9 Å². The standard InChI is InChI=1S/C27H28O6/c1-4-31-22-12-10-21(26(16-22)30-3)11-15-25(29)24-14-13-23(33-19(2)28)17-27(24)32-18-20-8-6-5-7-9-20/h5-17,25,29H,4,18H2,1-3H3. The molecular weight excluding hydrogens is 420 g/mol. The van der Waals surface area contributed by atoms with E-state index < -0.39 is 12.1 Å². The largest absolute Gasteiger partial charge is 0.496 e. The fraction of sp³-hybridized carbons (Fsp3) is 0.222. The number of methoxy groups -OCH3 is 1. The summed E-state index contributed by atoms with van der Waals surface area (Å²) in [7, 11) is 1.59. The quantitative estimate of drug-likeness (QED) is 0.333. The molecule has 0 bridgehead atoms. The molecule has 0 saturated carbocycles. The maximum Gasteiger partial charge on any atom is 0.308 e. The molecule has 1 atom stereocenters. The van der Waals surface area contributed by atoms with Crippen molar-refractivity contribution in [2.75, 3.05) is 13.7 Å². The minimum Gasteiger partial charge on any atom is -0.496 e. The number of carbonyl (C=O) groups excluding carboxylic acids is 1. The van der Waals surface area contributed by atoms with Crippen molar-refractivity contribution < 1.29 is 28.8 Å². The van der Waals surface area contributed by atoms with Gasteiger partial charge >= 0.3 is 5.97 Å². The average Bonchev–Trinajstić information content (AvgIpc) is 2.82. The first-order chi connectivity index (χ1) is 16.0. The van der Waals surface area contributed by atoms with Gasteiger partial charge in [0, 0.05) is 30.2 Å². The Morgan fingerprint density at radius 2 is 1.70 bits per heavy atom. The summed E-state index contributed by atoms with van der Waals surface area (Å²) < 4.78 is 22.1. The first-order valence-electron chi connectivity index (χ1n) is 10.7. The van der Waals surface area contributed by atoms with Gasteiger partial charge in [0.1, 0.15) is 35.7 Å². The predicted molar refractivity (Wildman–Crippen MR) is 127 cm³/mol. The van der Waals surface area contributed by atoms with Crippen molar-refractivity contribution in [3.63, 3.8) is 0 Å². The lowest BCUT2D eigenvalue weighted by molar-refractivity contribution is -0.131. The van der Waals surface area contributed by atoms with E-state index in [1.807, 2.05) is 49.4 Å². The fourth-order valence-corrected chi connectivity index (χ4v) is 3.23. The van der Waals surface area contributed by atoms with Crippen molar-refractivity contribution in [1.82, 2.24) is 0 Å². The van der Waals surface area contributed by atoms with Crippen molar-refractivity contribution in [2.45, 2.75) is 26.6 Å². The van der Waals surface area contributed by atoms with E-state index in [0.717, 1.165) is 11.1 Å². The molecule has 6 heteroatoms. The third-order valence-corrected chi connectivity index (χ3v) is 4.78. The number of rotatable bonds is 10. The third kappa shape index (κ3) is 6.85. The van der Waals surface area contributed by atoms with Crippen LogP contribution >= 0.6 is 0 Å². The SMILES string of the molecule is CCOc1ccc(C=CC(O)c2ccc(OC(C)=O)cc2OCc2ccccc2)c(OC)c1. The molecule has 33 heavy (non-hydrogen) atoms. The lowest BCUT2D eigenvalue weighted by atomic mass is 10.1. The summed E-state index contributed by atoms with van der Waals surface area (Å²) >= 11 is 0. The summed E-state index contributed by atoms with van der Waals surface area (Å²) in [6, 6.07) is 20.1. The molecule has 0 aliphatic rings. The Hall–Kier alpha value is -3.77. The highest BCUT2D eigenvalue weighted by Crippen LogP contribution is 2.33. The summed E-state index contributed by atoms with van der Waals surface area (Å²) in [5, 5.41) is 10.9. The van der Waals surface area contributed by atoms with Crippen LogP contribution in [0, 0.1) is 0 Å². The first kappa shape index (κ1) is 23.9. The van der Waals surface area contributed by atoms with Crippen LogP contribution in [0.25, 0.3) is 6.08 Å². The van der Waals surface area contributed by atoms with E-state index in [2.05, 4.69) is 0 Å². The van der Waals surface area contributed by atoms with Crippen LogP contribution in [-0.4, -0.2) is 24.8 Å². The zero-order valence-corrected chi connectivity index (χ0v) is 19.0. The molecule has 0 amide bonds. The molecule has 0 aromatic heterocycles. The van der Waals surface area contributed by atoms with Gasteiger partial charge < -0.3 is 24.1 Å². The Balaban J connectivity index is 1.84. The molecule has 0 saturated heterocycles. The second-order valence-corrected chi connectivity index (χ2v) is 7.21. The monoisotopic (exact) mass is 448 g/mol. The number of aliphatic hydroxyl groups is 1. The summed E-state index contributed by atoms with van der Waals surface area (Å²) in [5.41, 5.74) is 2.32.